The molecule has 1 aliphatic heterocycles. The molecule has 1 heterocycles. The molecular formula is C29H22Br2N2. The van der Waals surface area contributed by atoms with Gasteiger partial charge in [-0.05, 0) is 58.2 Å². The average Bonchev–Trinajstić information content (AvgIpc) is 2.85. The highest BCUT2D eigenvalue weighted by atomic mass is 79.9. The Kier molecular flexibility index (Phi) is 6.30. The van der Waals surface area contributed by atoms with Gasteiger partial charge in [-0.2, -0.15) is 0 Å². The van der Waals surface area contributed by atoms with E-state index >= 15 is 0 Å². The van der Waals surface area contributed by atoms with Crippen molar-refractivity contribution < 1.29 is 0 Å². The third-order valence-corrected chi connectivity index (χ3v) is 6.82. The van der Waals surface area contributed by atoms with E-state index in [0.717, 1.165) is 37.0 Å². The number of benzene rings is 4. The molecule has 1 aliphatic rings. The van der Waals surface area contributed by atoms with Crippen LogP contribution in [0, 0.1) is 0 Å². The molecule has 0 radical (unpaired) electrons. The monoisotopic (exact) mass is 556 g/mol. The molecule has 0 N–H and O–H groups in total. The fourth-order valence-electron chi connectivity index (χ4n) is 4.14. The summed E-state index contributed by atoms with van der Waals surface area (Å²) in [5.41, 5.74) is 7.94. The summed E-state index contributed by atoms with van der Waals surface area (Å²) in [6.45, 7) is 0. The zero-order valence-electron chi connectivity index (χ0n) is 18.1. The highest BCUT2D eigenvalue weighted by Gasteiger charge is 2.25. The molecule has 0 amide bonds. The van der Waals surface area contributed by atoms with Crippen LogP contribution in [0.15, 0.2) is 123 Å². The van der Waals surface area contributed by atoms with Crippen molar-refractivity contribution in [1.82, 2.24) is 4.90 Å². The first-order valence-corrected chi connectivity index (χ1v) is 12.4. The lowest BCUT2D eigenvalue weighted by Crippen LogP contribution is -2.27. The molecule has 0 fully saturated rings. The van der Waals surface area contributed by atoms with Crippen LogP contribution in [0.1, 0.15) is 22.9 Å². The van der Waals surface area contributed by atoms with E-state index in [1.165, 1.54) is 11.1 Å². The second-order valence-corrected chi connectivity index (χ2v) is 9.87. The third kappa shape index (κ3) is 4.73. The number of nitrogens with zero attached hydrogens (tertiary/aromatic N) is 2. The molecule has 162 valence electrons. The Balaban J connectivity index is 1.59. The number of allylic oxidation sites excluding steroid dienone is 1. The lowest BCUT2D eigenvalue weighted by Gasteiger charge is -2.34. The van der Waals surface area contributed by atoms with Crippen molar-refractivity contribution >= 4 is 43.3 Å². The molecule has 33 heavy (non-hydrogen) atoms. The smallest absolute Gasteiger partial charge is 0.147 e. The quantitative estimate of drug-likeness (QED) is 0.246. The summed E-state index contributed by atoms with van der Waals surface area (Å²) >= 11 is 7.25. The number of rotatable bonds is 4. The third-order valence-electron chi connectivity index (χ3n) is 5.84. The van der Waals surface area contributed by atoms with Gasteiger partial charge in [-0.1, -0.05) is 111 Å². The Hall–Kier alpha value is -2.95. The molecule has 0 bridgehead atoms. The summed E-state index contributed by atoms with van der Waals surface area (Å²) in [4.78, 5) is 7.42. The molecule has 1 unspecified atom stereocenters. The van der Waals surface area contributed by atoms with Gasteiger partial charge >= 0.3 is 0 Å². The summed E-state index contributed by atoms with van der Waals surface area (Å²) in [7, 11) is 2.11. The Morgan fingerprint density at radius 1 is 0.636 bits per heavy atom. The van der Waals surface area contributed by atoms with Gasteiger partial charge in [0.15, 0.2) is 0 Å². The zero-order valence-corrected chi connectivity index (χ0v) is 21.3. The van der Waals surface area contributed by atoms with Gasteiger partial charge in [0.05, 0.1) is 5.71 Å². The fraction of sp³-hybridized carbons (Fsp3) is 0.0690. The molecule has 4 aromatic carbocycles. The van der Waals surface area contributed by atoms with E-state index in [2.05, 4.69) is 141 Å². The van der Waals surface area contributed by atoms with E-state index < -0.39 is 0 Å². The Bertz CT molecular complexity index is 1340. The van der Waals surface area contributed by atoms with E-state index in [9.17, 15) is 0 Å². The van der Waals surface area contributed by atoms with E-state index in [0.29, 0.717) is 0 Å². The number of aliphatic imine (C=N–C) groups is 1. The first kappa shape index (κ1) is 21.9. The molecule has 1 atom stereocenters. The average molecular weight is 558 g/mol. The van der Waals surface area contributed by atoms with Crippen LogP contribution in [0.25, 0.3) is 16.8 Å². The minimum absolute atomic E-state index is 0.120. The van der Waals surface area contributed by atoms with Crippen LogP contribution in [0.5, 0.6) is 0 Å². The summed E-state index contributed by atoms with van der Waals surface area (Å²) in [6.07, 6.45) is 2.07. The SMILES string of the molecule is CN1C(c2cccc(Br)c2)=CC(c2ccc(-c3ccccc3)cc2)=NC1c1cccc(Br)c1. The Morgan fingerprint density at radius 2 is 1.24 bits per heavy atom. The van der Waals surface area contributed by atoms with Gasteiger partial charge in [0.2, 0.25) is 0 Å². The van der Waals surface area contributed by atoms with Crippen molar-refractivity contribution in [2.75, 3.05) is 7.05 Å². The van der Waals surface area contributed by atoms with Gasteiger partial charge in [-0.25, -0.2) is 0 Å². The van der Waals surface area contributed by atoms with E-state index in [1.807, 2.05) is 12.1 Å². The lowest BCUT2D eigenvalue weighted by molar-refractivity contribution is 0.364. The highest BCUT2D eigenvalue weighted by Crippen LogP contribution is 2.36. The number of hydrogen-bond donors (Lipinski definition) is 0. The van der Waals surface area contributed by atoms with Crippen molar-refractivity contribution in [1.29, 1.82) is 0 Å². The fourth-order valence-corrected chi connectivity index (χ4v) is 4.96. The molecule has 4 heteroatoms. The maximum Gasteiger partial charge on any atom is 0.147 e. The van der Waals surface area contributed by atoms with E-state index in [-0.39, 0.29) is 6.17 Å². The Morgan fingerprint density at radius 3 is 1.94 bits per heavy atom. The summed E-state index contributed by atoms with van der Waals surface area (Å²) in [5.74, 6) is 0. The molecule has 0 spiro atoms. The van der Waals surface area contributed by atoms with Crippen LogP contribution in [0.3, 0.4) is 0 Å². The number of hydrogen-bond acceptors (Lipinski definition) is 2. The van der Waals surface area contributed by atoms with Gasteiger partial charge in [0, 0.05) is 21.7 Å². The van der Waals surface area contributed by atoms with Crippen molar-refractivity contribution in [3.05, 3.63) is 135 Å². The van der Waals surface area contributed by atoms with Gasteiger partial charge in [0.1, 0.15) is 6.17 Å². The largest absolute Gasteiger partial charge is 0.349 e. The minimum atomic E-state index is -0.120. The predicted molar refractivity (Wildman–Crippen MR) is 145 cm³/mol. The van der Waals surface area contributed by atoms with Gasteiger partial charge in [0.25, 0.3) is 0 Å². The molecule has 0 saturated carbocycles. The molecule has 4 aromatic rings. The second-order valence-electron chi connectivity index (χ2n) is 8.04. The van der Waals surface area contributed by atoms with E-state index in [4.69, 9.17) is 4.99 Å². The van der Waals surface area contributed by atoms with Gasteiger partial charge < -0.3 is 4.90 Å². The topological polar surface area (TPSA) is 15.6 Å². The van der Waals surface area contributed by atoms with Crippen LogP contribution in [-0.2, 0) is 0 Å². The Labute approximate surface area is 211 Å². The molecular weight excluding hydrogens is 536 g/mol. The van der Waals surface area contributed by atoms with Crippen LogP contribution in [-0.4, -0.2) is 17.7 Å². The van der Waals surface area contributed by atoms with Crippen molar-refractivity contribution in [2.45, 2.75) is 6.17 Å². The normalized spacial score (nSPS) is 15.7. The molecule has 2 nitrogen and oxygen atoms in total. The lowest BCUT2D eigenvalue weighted by atomic mass is 9.98. The van der Waals surface area contributed by atoms with E-state index in [1.54, 1.807) is 0 Å². The van der Waals surface area contributed by atoms with Crippen LogP contribution >= 0.6 is 31.9 Å². The first-order chi connectivity index (χ1) is 16.1. The summed E-state index contributed by atoms with van der Waals surface area (Å²) in [5, 5.41) is 0. The second kappa shape index (κ2) is 9.50. The van der Waals surface area contributed by atoms with Crippen molar-refractivity contribution in [2.24, 2.45) is 4.99 Å². The maximum atomic E-state index is 5.18. The summed E-state index contributed by atoms with van der Waals surface area (Å²) in [6, 6.07) is 35.9. The molecule has 0 aromatic heterocycles. The van der Waals surface area contributed by atoms with Crippen LogP contribution in [0.2, 0.25) is 0 Å². The summed E-state index contributed by atoms with van der Waals surface area (Å²) < 4.78 is 2.11. The van der Waals surface area contributed by atoms with Crippen molar-refractivity contribution in [3.63, 3.8) is 0 Å². The number of halogens is 2. The van der Waals surface area contributed by atoms with Gasteiger partial charge in [-0.3, -0.25) is 4.99 Å². The highest BCUT2D eigenvalue weighted by molar-refractivity contribution is 9.10. The van der Waals surface area contributed by atoms with Crippen LogP contribution in [0.4, 0.5) is 0 Å². The zero-order chi connectivity index (χ0) is 22.8. The maximum absolute atomic E-state index is 5.18. The van der Waals surface area contributed by atoms with Gasteiger partial charge in [-0.15, -0.1) is 0 Å². The standard InChI is InChI=1S/C29H22Br2N2/c1-33-28(23-9-5-11-25(30)17-23)19-27(32-29(33)24-10-6-12-26(31)18-24)22-15-13-21(14-16-22)20-7-3-2-4-8-20/h2-19,29H,1H3. The predicted octanol–water partition coefficient (Wildman–Crippen LogP) is 8.35. The first-order valence-electron chi connectivity index (χ1n) is 10.8. The molecule has 0 aliphatic carbocycles. The van der Waals surface area contributed by atoms with Crippen LogP contribution < -0.4 is 0 Å². The molecule has 0 saturated heterocycles. The van der Waals surface area contributed by atoms with Crippen molar-refractivity contribution in [3.8, 4) is 11.1 Å². The molecule has 5 rings (SSSR count). The minimum Gasteiger partial charge on any atom is -0.349 e.